The Labute approximate surface area is 108 Å². The largest absolute Gasteiger partial charge is 0.381 e. The Morgan fingerprint density at radius 3 is 2.41 bits per heavy atom. The Balaban J connectivity index is 2.26. The third-order valence-corrected chi connectivity index (χ3v) is 4.01. The van der Waals surface area contributed by atoms with E-state index in [0.717, 1.165) is 19.1 Å². The first-order valence-electron chi connectivity index (χ1n) is 7.19. The Morgan fingerprint density at radius 2 is 1.94 bits per heavy atom. The van der Waals surface area contributed by atoms with Crippen LogP contribution in [0.1, 0.15) is 53.9 Å². The van der Waals surface area contributed by atoms with Crippen molar-refractivity contribution < 1.29 is 4.74 Å². The van der Waals surface area contributed by atoms with E-state index in [-0.39, 0.29) is 0 Å². The van der Waals surface area contributed by atoms with Crippen LogP contribution >= 0.6 is 0 Å². The highest BCUT2D eigenvalue weighted by molar-refractivity contribution is 5.01. The maximum atomic E-state index is 5.80. The maximum absolute atomic E-state index is 5.80. The molecule has 0 N–H and O–H groups in total. The van der Waals surface area contributed by atoms with Gasteiger partial charge in [0.25, 0.3) is 0 Å². The summed E-state index contributed by atoms with van der Waals surface area (Å²) in [7, 11) is 0. The second kappa shape index (κ2) is 6.58. The van der Waals surface area contributed by atoms with Crippen LogP contribution in [0.4, 0.5) is 0 Å². The average molecular weight is 238 g/mol. The quantitative estimate of drug-likeness (QED) is 0.632. The molecule has 1 rings (SSSR count). The van der Waals surface area contributed by atoms with Gasteiger partial charge in [-0.05, 0) is 30.1 Å². The van der Waals surface area contributed by atoms with Gasteiger partial charge in [0.1, 0.15) is 0 Å². The van der Waals surface area contributed by atoms with Crippen LogP contribution in [0.15, 0.2) is 12.2 Å². The van der Waals surface area contributed by atoms with Gasteiger partial charge >= 0.3 is 0 Å². The lowest BCUT2D eigenvalue weighted by molar-refractivity contribution is 0.0780. The number of hydrogen-bond donors (Lipinski definition) is 0. The van der Waals surface area contributed by atoms with Crippen molar-refractivity contribution in [3.63, 3.8) is 0 Å². The highest BCUT2D eigenvalue weighted by Crippen LogP contribution is 2.35. The molecule has 0 saturated carbocycles. The third kappa shape index (κ3) is 5.25. The summed E-state index contributed by atoms with van der Waals surface area (Å²) in [5, 5.41) is 0. The fraction of sp³-hybridized carbons (Fsp3) is 0.875. The normalized spacial score (nSPS) is 27.1. The van der Waals surface area contributed by atoms with Crippen molar-refractivity contribution in [3.05, 3.63) is 12.2 Å². The van der Waals surface area contributed by atoms with Gasteiger partial charge in [-0.2, -0.15) is 0 Å². The summed E-state index contributed by atoms with van der Waals surface area (Å²) < 4.78 is 5.80. The summed E-state index contributed by atoms with van der Waals surface area (Å²) in [4.78, 5) is 0. The van der Waals surface area contributed by atoms with Crippen molar-refractivity contribution in [1.82, 2.24) is 0 Å². The zero-order valence-corrected chi connectivity index (χ0v) is 12.3. The molecule has 3 atom stereocenters. The molecule has 0 bridgehead atoms. The molecule has 1 aliphatic carbocycles. The van der Waals surface area contributed by atoms with Gasteiger partial charge in [-0.3, -0.25) is 0 Å². The molecule has 0 aromatic rings. The van der Waals surface area contributed by atoms with Gasteiger partial charge in [0.2, 0.25) is 0 Å². The minimum Gasteiger partial charge on any atom is -0.381 e. The molecule has 0 aromatic heterocycles. The Kier molecular flexibility index (Phi) is 5.72. The van der Waals surface area contributed by atoms with Crippen molar-refractivity contribution >= 4 is 0 Å². The van der Waals surface area contributed by atoms with Crippen LogP contribution in [0, 0.1) is 23.2 Å². The van der Waals surface area contributed by atoms with Crippen LogP contribution in [0.5, 0.6) is 0 Å². The van der Waals surface area contributed by atoms with Crippen LogP contribution in [0.2, 0.25) is 0 Å². The van der Waals surface area contributed by atoms with E-state index in [4.69, 9.17) is 4.74 Å². The molecule has 0 saturated heterocycles. The highest BCUT2D eigenvalue weighted by Gasteiger charge is 2.25. The Bertz CT molecular complexity index is 236. The number of ether oxygens (including phenoxy) is 1. The molecule has 0 amide bonds. The second-order valence-electron chi connectivity index (χ2n) is 6.75. The van der Waals surface area contributed by atoms with Crippen molar-refractivity contribution in [2.24, 2.45) is 23.2 Å². The molecule has 0 aliphatic heterocycles. The standard InChI is InChI=1S/C16H30O/c1-6-13(2)11-17-12-14-7-9-15(10-8-14)16(3,4)5/h7,9,13-15H,6,8,10-12H2,1-5H3. The zero-order valence-electron chi connectivity index (χ0n) is 12.3. The summed E-state index contributed by atoms with van der Waals surface area (Å²) in [6.45, 7) is 13.3. The average Bonchev–Trinajstić information content (AvgIpc) is 2.28. The van der Waals surface area contributed by atoms with Gasteiger partial charge in [0.05, 0.1) is 6.61 Å². The van der Waals surface area contributed by atoms with Crippen molar-refractivity contribution in [3.8, 4) is 0 Å². The van der Waals surface area contributed by atoms with E-state index in [2.05, 4.69) is 46.8 Å². The summed E-state index contributed by atoms with van der Waals surface area (Å²) >= 11 is 0. The molecule has 17 heavy (non-hydrogen) atoms. The molecule has 0 aromatic carbocycles. The minimum absolute atomic E-state index is 0.416. The van der Waals surface area contributed by atoms with Crippen molar-refractivity contribution in [2.75, 3.05) is 13.2 Å². The van der Waals surface area contributed by atoms with Gasteiger partial charge in [-0.1, -0.05) is 53.2 Å². The van der Waals surface area contributed by atoms with Crippen LogP contribution in [0.25, 0.3) is 0 Å². The molecule has 0 radical (unpaired) electrons. The van der Waals surface area contributed by atoms with Crippen LogP contribution in [0.3, 0.4) is 0 Å². The third-order valence-electron chi connectivity index (χ3n) is 4.01. The topological polar surface area (TPSA) is 9.23 Å². The van der Waals surface area contributed by atoms with E-state index in [9.17, 15) is 0 Å². The molecule has 1 nitrogen and oxygen atoms in total. The Hall–Kier alpha value is -0.300. The number of rotatable bonds is 5. The monoisotopic (exact) mass is 238 g/mol. The lowest BCUT2D eigenvalue weighted by atomic mass is 9.74. The Morgan fingerprint density at radius 1 is 1.24 bits per heavy atom. The lowest BCUT2D eigenvalue weighted by Gasteiger charge is -2.32. The first kappa shape index (κ1) is 14.8. The van der Waals surface area contributed by atoms with E-state index in [0.29, 0.717) is 17.3 Å². The number of allylic oxidation sites excluding steroid dienone is 1. The zero-order chi connectivity index (χ0) is 12.9. The van der Waals surface area contributed by atoms with Crippen LogP contribution < -0.4 is 0 Å². The molecular weight excluding hydrogens is 208 g/mol. The summed E-state index contributed by atoms with van der Waals surface area (Å²) in [5.41, 5.74) is 0.416. The second-order valence-corrected chi connectivity index (χ2v) is 6.75. The summed E-state index contributed by atoms with van der Waals surface area (Å²) in [6.07, 6.45) is 8.62. The van der Waals surface area contributed by atoms with Crippen LogP contribution in [-0.2, 0) is 4.74 Å². The van der Waals surface area contributed by atoms with Gasteiger partial charge in [0.15, 0.2) is 0 Å². The molecule has 0 fully saturated rings. The molecule has 1 heteroatoms. The van der Waals surface area contributed by atoms with Crippen molar-refractivity contribution in [2.45, 2.75) is 53.9 Å². The highest BCUT2D eigenvalue weighted by atomic mass is 16.5. The molecule has 1 aliphatic rings. The fourth-order valence-corrected chi connectivity index (χ4v) is 2.28. The lowest BCUT2D eigenvalue weighted by Crippen LogP contribution is -2.23. The van der Waals surface area contributed by atoms with Gasteiger partial charge < -0.3 is 4.74 Å². The predicted molar refractivity (Wildman–Crippen MR) is 75.1 cm³/mol. The SMILES string of the molecule is CCC(C)COCC1C=CC(C(C)(C)C)CC1. The first-order valence-corrected chi connectivity index (χ1v) is 7.19. The van der Waals surface area contributed by atoms with Gasteiger partial charge in [0, 0.05) is 12.5 Å². The van der Waals surface area contributed by atoms with Crippen LogP contribution in [-0.4, -0.2) is 13.2 Å². The minimum atomic E-state index is 0.416. The van der Waals surface area contributed by atoms with E-state index in [1.54, 1.807) is 0 Å². The molecule has 3 unspecified atom stereocenters. The molecule has 100 valence electrons. The van der Waals surface area contributed by atoms with E-state index in [1.807, 2.05) is 0 Å². The molecule has 0 spiro atoms. The van der Waals surface area contributed by atoms with E-state index < -0.39 is 0 Å². The van der Waals surface area contributed by atoms with Crippen molar-refractivity contribution in [1.29, 1.82) is 0 Å². The van der Waals surface area contributed by atoms with E-state index in [1.165, 1.54) is 19.3 Å². The smallest absolute Gasteiger partial charge is 0.0528 e. The maximum Gasteiger partial charge on any atom is 0.0528 e. The first-order chi connectivity index (χ1) is 7.93. The predicted octanol–water partition coefficient (Wildman–Crippen LogP) is 4.68. The van der Waals surface area contributed by atoms with E-state index >= 15 is 0 Å². The number of hydrogen-bond acceptors (Lipinski definition) is 1. The molecular formula is C16H30O. The van der Waals surface area contributed by atoms with Gasteiger partial charge in [-0.25, -0.2) is 0 Å². The summed E-state index contributed by atoms with van der Waals surface area (Å²) in [5.74, 6) is 2.09. The molecule has 0 heterocycles. The van der Waals surface area contributed by atoms with Gasteiger partial charge in [-0.15, -0.1) is 0 Å². The fourth-order valence-electron chi connectivity index (χ4n) is 2.28. The summed E-state index contributed by atoms with van der Waals surface area (Å²) in [6, 6.07) is 0.